The van der Waals surface area contributed by atoms with Gasteiger partial charge in [0, 0.05) is 12.1 Å². The van der Waals surface area contributed by atoms with Crippen LogP contribution in [0.3, 0.4) is 0 Å². The molecule has 1 aromatic rings. The van der Waals surface area contributed by atoms with E-state index in [0.29, 0.717) is 24.0 Å². The molecule has 156 valence electrons. The second-order valence-electron chi connectivity index (χ2n) is 7.08. The molecular weight excluding hydrogens is 358 g/mol. The molecule has 1 aromatic carbocycles. The van der Waals surface area contributed by atoms with E-state index in [9.17, 15) is 9.59 Å². The van der Waals surface area contributed by atoms with Crippen molar-refractivity contribution in [3.63, 3.8) is 0 Å². The zero-order valence-electron chi connectivity index (χ0n) is 17.6. The zero-order valence-corrected chi connectivity index (χ0v) is 17.6. The molecule has 1 rings (SSSR count). The molecule has 0 aliphatic heterocycles. The summed E-state index contributed by atoms with van der Waals surface area (Å²) in [6.45, 7) is 8.46. The van der Waals surface area contributed by atoms with Crippen LogP contribution in [-0.4, -0.2) is 38.2 Å². The van der Waals surface area contributed by atoms with Crippen LogP contribution in [0, 0.1) is 5.92 Å². The van der Waals surface area contributed by atoms with Crippen molar-refractivity contribution in [1.82, 2.24) is 5.32 Å². The Bertz CT molecular complexity index is 654. The predicted molar refractivity (Wildman–Crippen MR) is 110 cm³/mol. The number of carbonyl (C=O) groups excluding carboxylic acids is 2. The molecule has 1 amide bonds. The topological polar surface area (TPSA) is 73.9 Å². The maximum atomic E-state index is 11.9. The van der Waals surface area contributed by atoms with Gasteiger partial charge in [-0.3, -0.25) is 4.79 Å². The molecule has 0 aliphatic rings. The van der Waals surface area contributed by atoms with E-state index < -0.39 is 5.97 Å². The zero-order chi connectivity index (χ0) is 20.9. The number of ether oxygens (including phenoxy) is 3. The third kappa shape index (κ3) is 9.44. The van der Waals surface area contributed by atoms with Crippen LogP contribution < -0.4 is 14.8 Å². The quantitative estimate of drug-likeness (QED) is 0.431. The van der Waals surface area contributed by atoms with Gasteiger partial charge in [0.15, 0.2) is 18.1 Å². The van der Waals surface area contributed by atoms with Gasteiger partial charge in [-0.05, 0) is 50.0 Å². The van der Waals surface area contributed by atoms with Crippen molar-refractivity contribution in [3.05, 3.63) is 29.8 Å². The molecule has 0 aromatic heterocycles. The number of methoxy groups -OCH3 is 1. The third-order valence-electron chi connectivity index (χ3n) is 4.07. The van der Waals surface area contributed by atoms with Crippen molar-refractivity contribution >= 4 is 18.0 Å². The molecule has 0 bridgehead atoms. The molecule has 6 nitrogen and oxygen atoms in total. The molecule has 1 atom stereocenters. The van der Waals surface area contributed by atoms with Crippen molar-refractivity contribution in [2.45, 2.75) is 53.0 Å². The number of hydrogen-bond acceptors (Lipinski definition) is 5. The van der Waals surface area contributed by atoms with Gasteiger partial charge >= 0.3 is 5.97 Å². The second kappa shape index (κ2) is 12.8. The monoisotopic (exact) mass is 391 g/mol. The highest BCUT2D eigenvalue weighted by Gasteiger charge is 2.10. The standard InChI is InChI=1S/C22H33NO5/c1-6-27-19-12-10-18(14-20(19)26-5)11-13-22(25)28-15-21(24)23-17(4)9-7-8-16(2)3/h10-14,16-17H,6-9,15H2,1-5H3,(H,23,24)/b13-11+. The fraction of sp³-hybridized carbons (Fsp3) is 0.545. The van der Waals surface area contributed by atoms with Crippen LogP contribution in [0.25, 0.3) is 6.08 Å². The van der Waals surface area contributed by atoms with Crippen molar-refractivity contribution in [2.75, 3.05) is 20.3 Å². The molecule has 0 aliphatic carbocycles. The lowest BCUT2D eigenvalue weighted by Gasteiger charge is -2.14. The van der Waals surface area contributed by atoms with E-state index in [4.69, 9.17) is 14.2 Å². The molecule has 6 heteroatoms. The summed E-state index contributed by atoms with van der Waals surface area (Å²) in [6, 6.07) is 5.42. The molecule has 0 saturated carbocycles. The highest BCUT2D eigenvalue weighted by molar-refractivity contribution is 5.89. The van der Waals surface area contributed by atoms with E-state index in [1.165, 1.54) is 6.08 Å². The van der Waals surface area contributed by atoms with Crippen molar-refractivity contribution in [1.29, 1.82) is 0 Å². The van der Waals surface area contributed by atoms with Crippen LogP contribution in [0.1, 0.15) is 52.5 Å². The van der Waals surface area contributed by atoms with Crippen molar-refractivity contribution in [2.24, 2.45) is 5.92 Å². The molecule has 0 radical (unpaired) electrons. The summed E-state index contributed by atoms with van der Waals surface area (Å²) in [5.74, 6) is 1.02. The largest absolute Gasteiger partial charge is 0.493 e. The predicted octanol–water partition coefficient (Wildman–Crippen LogP) is 3.98. The first-order chi connectivity index (χ1) is 13.3. The van der Waals surface area contributed by atoms with E-state index in [2.05, 4.69) is 19.2 Å². The number of carbonyl (C=O) groups is 2. The van der Waals surface area contributed by atoms with Crippen LogP contribution in [0.4, 0.5) is 0 Å². The fourth-order valence-electron chi connectivity index (χ4n) is 2.63. The first-order valence-electron chi connectivity index (χ1n) is 9.80. The molecule has 28 heavy (non-hydrogen) atoms. The number of hydrogen-bond donors (Lipinski definition) is 1. The number of amides is 1. The highest BCUT2D eigenvalue weighted by Crippen LogP contribution is 2.28. The van der Waals surface area contributed by atoms with Gasteiger partial charge in [-0.25, -0.2) is 4.79 Å². The normalized spacial score (nSPS) is 12.1. The van der Waals surface area contributed by atoms with E-state index in [1.54, 1.807) is 25.3 Å². The summed E-state index contributed by atoms with van der Waals surface area (Å²) in [6.07, 6.45) is 6.00. The van der Waals surface area contributed by atoms with Crippen molar-refractivity contribution < 1.29 is 23.8 Å². The molecule has 0 heterocycles. The first-order valence-corrected chi connectivity index (χ1v) is 9.80. The van der Waals surface area contributed by atoms with E-state index in [-0.39, 0.29) is 18.6 Å². The minimum absolute atomic E-state index is 0.0665. The van der Waals surface area contributed by atoms with Gasteiger partial charge in [0.1, 0.15) is 0 Å². The fourth-order valence-corrected chi connectivity index (χ4v) is 2.63. The summed E-state index contributed by atoms with van der Waals surface area (Å²) in [7, 11) is 1.56. The van der Waals surface area contributed by atoms with E-state index in [0.717, 1.165) is 24.8 Å². The summed E-state index contributed by atoms with van der Waals surface area (Å²) < 4.78 is 15.7. The van der Waals surface area contributed by atoms with Crippen LogP contribution in [0.5, 0.6) is 11.5 Å². The van der Waals surface area contributed by atoms with Crippen LogP contribution in [-0.2, 0) is 14.3 Å². The van der Waals surface area contributed by atoms with Crippen LogP contribution in [0.15, 0.2) is 24.3 Å². The van der Waals surface area contributed by atoms with Gasteiger partial charge in [0.25, 0.3) is 5.91 Å². The van der Waals surface area contributed by atoms with Gasteiger partial charge in [-0.1, -0.05) is 32.8 Å². The Morgan fingerprint density at radius 1 is 1.14 bits per heavy atom. The summed E-state index contributed by atoms with van der Waals surface area (Å²) >= 11 is 0. The van der Waals surface area contributed by atoms with Crippen LogP contribution >= 0.6 is 0 Å². The highest BCUT2D eigenvalue weighted by atomic mass is 16.5. The van der Waals surface area contributed by atoms with Crippen LogP contribution in [0.2, 0.25) is 0 Å². The molecule has 1 unspecified atom stereocenters. The average molecular weight is 392 g/mol. The maximum absolute atomic E-state index is 11.9. The first kappa shape index (κ1) is 23.5. The van der Waals surface area contributed by atoms with Gasteiger partial charge < -0.3 is 19.5 Å². The number of benzene rings is 1. The SMILES string of the molecule is CCOc1ccc(/C=C/C(=O)OCC(=O)NC(C)CCCC(C)C)cc1OC. The summed E-state index contributed by atoms with van der Waals surface area (Å²) in [5.41, 5.74) is 0.764. The lowest BCUT2D eigenvalue weighted by atomic mass is 10.0. The second-order valence-corrected chi connectivity index (χ2v) is 7.08. The molecular formula is C22H33NO5. The number of rotatable bonds is 12. The Balaban J connectivity index is 2.42. The minimum Gasteiger partial charge on any atom is -0.493 e. The number of esters is 1. The molecule has 1 N–H and O–H groups in total. The van der Waals surface area contributed by atoms with Gasteiger partial charge in [-0.15, -0.1) is 0 Å². The Labute approximate surface area is 168 Å². The number of nitrogens with one attached hydrogen (secondary N) is 1. The minimum atomic E-state index is -0.574. The summed E-state index contributed by atoms with van der Waals surface area (Å²) in [5, 5.41) is 2.85. The Morgan fingerprint density at radius 2 is 1.89 bits per heavy atom. The average Bonchev–Trinajstić information content (AvgIpc) is 2.65. The van der Waals surface area contributed by atoms with Gasteiger partial charge in [-0.2, -0.15) is 0 Å². The Hall–Kier alpha value is -2.50. The van der Waals surface area contributed by atoms with E-state index in [1.807, 2.05) is 19.9 Å². The van der Waals surface area contributed by atoms with Gasteiger partial charge in [0.2, 0.25) is 0 Å². The Kier molecular flexibility index (Phi) is 10.8. The van der Waals surface area contributed by atoms with Gasteiger partial charge in [0.05, 0.1) is 13.7 Å². The third-order valence-corrected chi connectivity index (χ3v) is 4.07. The summed E-state index contributed by atoms with van der Waals surface area (Å²) in [4.78, 5) is 23.7. The van der Waals surface area contributed by atoms with E-state index >= 15 is 0 Å². The lowest BCUT2D eigenvalue weighted by Crippen LogP contribution is -2.35. The van der Waals surface area contributed by atoms with Crippen molar-refractivity contribution in [3.8, 4) is 11.5 Å². The molecule has 0 fully saturated rings. The smallest absolute Gasteiger partial charge is 0.331 e. The maximum Gasteiger partial charge on any atom is 0.331 e. The Morgan fingerprint density at radius 3 is 2.54 bits per heavy atom. The molecule has 0 saturated heterocycles. The lowest BCUT2D eigenvalue weighted by molar-refractivity contribution is -0.144. The molecule has 0 spiro atoms.